The van der Waals surface area contributed by atoms with Crippen molar-refractivity contribution in [2.75, 3.05) is 5.32 Å². The predicted molar refractivity (Wildman–Crippen MR) is 63.4 cm³/mol. The summed E-state index contributed by atoms with van der Waals surface area (Å²) in [6.45, 7) is 7.71. The van der Waals surface area contributed by atoms with Crippen molar-refractivity contribution < 1.29 is 0 Å². The van der Waals surface area contributed by atoms with Gasteiger partial charge in [-0.25, -0.2) is 4.98 Å². The molecule has 0 radical (unpaired) electrons. The van der Waals surface area contributed by atoms with Crippen LogP contribution in [0.1, 0.15) is 19.2 Å². The highest BCUT2D eigenvalue weighted by Gasteiger charge is 2.09. The molecule has 2 aromatic rings. The number of aromatic nitrogens is 4. The molecule has 2 aromatic heterocycles. The van der Waals surface area contributed by atoms with Crippen LogP contribution in [-0.2, 0) is 0 Å². The first-order valence-electron chi connectivity index (χ1n) is 5.26. The summed E-state index contributed by atoms with van der Waals surface area (Å²) < 4.78 is 1.91. The minimum absolute atomic E-state index is 0.285. The standard InChI is InChI=1S/C11H15N5/c1-4-5-8(2)13-10-11-15-14-9(3)16(11)7-6-12-10/h4,6-8H,1,5H2,2-3H3,(H,12,13). The Kier molecular flexibility index (Phi) is 2.85. The third-order valence-electron chi connectivity index (χ3n) is 2.40. The summed E-state index contributed by atoms with van der Waals surface area (Å²) in [5.74, 6) is 1.62. The second-order valence-electron chi connectivity index (χ2n) is 3.79. The molecule has 0 aliphatic rings. The van der Waals surface area contributed by atoms with Crippen molar-refractivity contribution in [3.05, 3.63) is 30.9 Å². The van der Waals surface area contributed by atoms with Gasteiger partial charge in [-0.2, -0.15) is 0 Å². The van der Waals surface area contributed by atoms with E-state index in [-0.39, 0.29) is 6.04 Å². The van der Waals surface area contributed by atoms with E-state index in [2.05, 4.69) is 34.0 Å². The van der Waals surface area contributed by atoms with Crippen molar-refractivity contribution in [2.24, 2.45) is 0 Å². The summed E-state index contributed by atoms with van der Waals surface area (Å²) >= 11 is 0. The van der Waals surface area contributed by atoms with Crippen LogP contribution in [0.15, 0.2) is 25.0 Å². The van der Waals surface area contributed by atoms with Gasteiger partial charge in [0.15, 0.2) is 5.82 Å². The first-order valence-corrected chi connectivity index (χ1v) is 5.26. The summed E-state index contributed by atoms with van der Waals surface area (Å²) in [4.78, 5) is 4.27. The number of rotatable bonds is 4. The van der Waals surface area contributed by atoms with E-state index in [0.29, 0.717) is 0 Å². The van der Waals surface area contributed by atoms with Crippen LogP contribution >= 0.6 is 0 Å². The maximum absolute atomic E-state index is 4.27. The monoisotopic (exact) mass is 217 g/mol. The van der Waals surface area contributed by atoms with Gasteiger partial charge < -0.3 is 5.32 Å². The number of nitrogens with zero attached hydrogens (tertiary/aromatic N) is 4. The Morgan fingerprint density at radius 2 is 2.38 bits per heavy atom. The topological polar surface area (TPSA) is 55.1 Å². The molecule has 0 aliphatic carbocycles. The molecular formula is C11H15N5. The number of hydrogen-bond acceptors (Lipinski definition) is 4. The molecule has 1 unspecified atom stereocenters. The molecule has 0 aliphatic heterocycles. The normalized spacial score (nSPS) is 12.6. The Bertz CT molecular complexity index is 502. The zero-order valence-corrected chi connectivity index (χ0v) is 9.51. The van der Waals surface area contributed by atoms with Crippen molar-refractivity contribution in [1.29, 1.82) is 0 Å². The summed E-state index contributed by atoms with van der Waals surface area (Å²) in [5, 5.41) is 11.4. The van der Waals surface area contributed by atoms with E-state index >= 15 is 0 Å². The molecule has 2 heterocycles. The lowest BCUT2D eigenvalue weighted by molar-refractivity contribution is 0.806. The van der Waals surface area contributed by atoms with Crippen LogP contribution in [0.4, 0.5) is 5.82 Å². The molecule has 2 rings (SSSR count). The highest BCUT2D eigenvalue weighted by molar-refractivity contribution is 5.62. The lowest BCUT2D eigenvalue weighted by Crippen LogP contribution is -2.15. The second-order valence-corrected chi connectivity index (χ2v) is 3.79. The molecule has 0 aromatic carbocycles. The predicted octanol–water partition coefficient (Wildman–Crippen LogP) is 1.81. The highest BCUT2D eigenvalue weighted by atomic mass is 15.3. The van der Waals surface area contributed by atoms with Gasteiger partial charge in [-0.15, -0.1) is 16.8 Å². The largest absolute Gasteiger partial charge is 0.364 e. The highest BCUT2D eigenvalue weighted by Crippen LogP contribution is 2.13. The Labute approximate surface area is 94.2 Å². The van der Waals surface area contributed by atoms with Gasteiger partial charge >= 0.3 is 0 Å². The van der Waals surface area contributed by atoms with Crippen molar-refractivity contribution in [1.82, 2.24) is 19.6 Å². The quantitative estimate of drug-likeness (QED) is 0.793. The fourth-order valence-electron chi connectivity index (χ4n) is 1.59. The van der Waals surface area contributed by atoms with E-state index in [9.17, 15) is 0 Å². The molecular weight excluding hydrogens is 202 g/mol. The Morgan fingerprint density at radius 3 is 3.12 bits per heavy atom. The third-order valence-corrected chi connectivity index (χ3v) is 2.40. The molecule has 5 nitrogen and oxygen atoms in total. The first-order chi connectivity index (χ1) is 7.72. The average Bonchev–Trinajstić information content (AvgIpc) is 2.62. The van der Waals surface area contributed by atoms with Gasteiger partial charge in [0, 0.05) is 18.4 Å². The molecule has 0 bridgehead atoms. The van der Waals surface area contributed by atoms with Crippen LogP contribution < -0.4 is 5.32 Å². The zero-order valence-electron chi connectivity index (χ0n) is 9.51. The van der Waals surface area contributed by atoms with Gasteiger partial charge in [0.05, 0.1) is 0 Å². The van der Waals surface area contributed by atoms with Crippen molar-refractivity contribution in [3.63, 3.8) is 0 Å². The van der Waals surface area contributed by atoms with Gasteiger partial charge in [0.2, 0.25) is 5.65 Å². The minimum atomic E-state index is 0.285. The molecule has 5 heteroatoms. The van der Waals surface area contributed by atoms with E-state index in [0.717, 1.165) is 23.7 Å². The van der Waals surface area contributed by atoms with E-state index in [1.54, 1.807) is 6.20 Å². The minimum Gasteiger partial charge on any atom is -0.364 e. The molecule has 1 N–H and O–H groups in total. The summed E-state index contributed by atoms with van der Waals surface area (Å²) in [5.41, 5.74) is 0.760. The molecule has 84 valence electrons. The molecule has 0 saturated carbocycles. The maximum atomic E-state index is 4.27. The summed E-state index contributed by atoms with van der Waals surface area (Å²) in [6, 6.07) is 0.285. The van der Waals surface area contributed by atoms with E-state index in [4.69, 9.17) is 0 Å². The zero-order chi connectivity index (χ0) is 11.5. The number of hydrogen-bond donors (Lipinski definition) is 1. The van der Waals surface area contributed by atoms with Crippen LogP contribution in [0.25, 0.3) is 5.65 Å². The fraction of sp³-hybridized carbons (Fsp3) is 0.364. The fourth-order valence-corrected chi connectivity index (χ4v) is 1.59. The molecule has 0 fully saturated rings. The van der Waals surface area contributed by atoms with Crippen molar-refractivity contribution >= 4 is 11.5 Å². The molecule has 1 atom stereocenters. The smallest absolute Gasteiger partial charge is 0.203 e. The van der Waals surface area contributed by atoms with Crippen molar-refractivity contribution in [2.45, 2.75) is 26.3 Å². The number of aryl methyl sites for hydroxylation is 1. The van der Waals surface area contributed by atoms with Gasteiger partial charge in [-0.05, 0) is 20.3 Å². The van der Waals surface area contributed by atoms with Crippen molar-refractivity contribution in [3.8, 4) is 0 Å². The van der Waals surface area contributed by atoms with E-state index < -0.39 is 0 Å². The van der Waals surface area contributed by atoms with Crippen LogP contribution in [0.5, 0.6) is 0 Å². The molecule has 0 spiro atoms. The summed E-state index contributed by atoms with van der Waals surface area (Å²) in [6.07, 6.45) is 6.36. The maximum Gasteiger partial charge on any atom is 0.203 e. The Hall–Kier alpha value is -1.91. The van der Waals surface area contributed by atoms with E-state index in [1.165, 1.54) is 0 Å². The lowest BCUT2D eigenvalue weighted by atomic mass is 10.2. The average molecular weight is 217 g/mol. The first kappa shape index (κ1) is 10.6. The van der Waals surface area contributed by atoms with Crippen LogP contribution in [0.2, 0.25) is 0 Å². The van der Waals surface area contributed by atoms with Gasteiger partial charge in [-0.3, -0.25) is 4.40 Å². The number of nitrogens with one attached hydrogen (secondary N) is 1. The van der Waals surface area contributed by atoms with Gasteiger partial charge in [-0.1, -0.05) is 6.08 Å². The Balaban J connectivity index is 2.33. The lowest BCUT2D eigenvalue weighted by Gasteiger charge is -2.12. The SMILES string of the molecule is C=CCC(C)Nc1nccn2c(C)nnc12. The molecule has 0 amide bonds. The van der Waals surface area contributed by atoms with Gasteiger partial charge in [0.25, 0.3) is 0 Å². The number of fused-ring (bicyclic) bond motifs is 1. The molecule has 0 saturated heterocycles. The Morgan fingerprint density at radius 1 is 1.56 bits per heavy atom. The summed E-state index contributed by atoms with van der Waals surface area (Å²) in [7, 11) is 0. The van der Waals surface area contributed by atoms with E-state index in [1.807, 2.05) is 23.6 Å². The second kappa shape index (κ2) is 4.30. The number of anilines is 1. The van der Waals surface area contributed by atoms with Crippen LogP contribution in [-0.4, -0.2) is 25.6 Å². The van der Waals surface area contributed by atoms with Gasteiger partial charge in [0.1, 0.15) is 5.82 Å². The third kappa shape index (κ3) is 1.88. The van der Waals surface area contributed by atoms with Crippen LogP contribution in [0, 0.1) is 6.92 Å². The van der Waals surface area contributed by atoms with Crippen LogP contribution in [0.3, 0.4) is 0 Å². The molecule has 16 heavy (non-hydrogen) atoms.